The van der Waals surface area contributed by atoms with Gasteiger partial charge in [-0.05, 0) is 25.7 Å². The van der Waals surface area contributed by atoms with E-state index in [-0.39, 0.29) is 12.4 Å². The molecule has 0 unspecified atom stereocenters. The lowest BCUT2D eigenvalue weighted by Crippen LogP contribution is -2.17. The van der Waals surface area contributed by atoms with Gasteiger partial charge >= 0.3 is 0 Å². The van der Waals surface area contributed by atoms with Crippen LogP contribution in [0.2, 0.25) is 0 Å². The van der Waals surface area contributed by atoms with Crippen molar-refractivity contribution in [2.75, 3.05) is 20.2 Å². The van der Waals surface area contributed by atoms with E-state index in [9.17, 15) is 4.39 Å². The third-order valence-electron chi connectivity index (χ3n) is 2.34. The van der Waals surface area contributed by atoms with Crippen molar-refractivity contribution < 1.29 is 9.50 Å². The van der Waals surface area contributed by atoms with Crippen molar-refractivity contribution in [2.45, 2.75) is 13.5 Å². The van der Waals surface area contributed by atoms with Crippen LogP contribution >= 0.6 is 0 Å². The normalized spacial score (nSPS) is 10.1. The fraction of sp³-hybridized carbons (Fsp3) is 0.385. The molecule has 0 radical (unpaired) electrons. The van der Waals surface area contributed by atoms with Gasteiger partial charge < -0.3 is 10.0 Å². The second-order valence-corrected chi connectivity index (χ2v) is 3.60. The molecule has 1 N–H and O–H groups in total. The van der Waals surface area contributed by atoms with Gasteiger partial charge in [0.15, 0.2) is 0 Å². The molecule has 2 nitrogen and oxygen atoms in total. The zero-order valence-corrected chi connectivity index (χ0v) is 9.63. The van der Waals surface area contributed by atoms with Crippen LogP contribution in [0, 0.1) is 17.7 Å². The van der Waals surface area contributed by atoms with E-state index in [4.69, 9.17) is 5.11 Å². The van der Waals surface area contributed by atoms with E-state index in [2.05, 4.69) is 11.8 Å². The molecule has 0 aliphatic carbocycles. The van der Waals surface area contributed by atoms with Crippen LogP contribution in [0.3, 0.4) is 0 Å². The van der Waals surface area contributed by atoms with Gasteiger partial charge in [0.25, 0.3) is 0 Å². The molecule has 0 bridgehead atoms. The first-order valence-corrected chi connectivity index (χ1v) is 5.24. The molecule has 0 fully saturated rings. The number of aliphatic hydroxyl groups excluding tert-OH is 1. The number of hydrogen-bond donors (Lipinski definition) is 1. The maximum atomic E-state index is 13.6. The predicted octanol–water partition coefficient (Wildman–Crippen LogP) is 1.62. The molecule has 16 heavy (non-hydrogen) atoms. The average Bonchev–Trinajstić information content (AvgIpc) is 2.29. The summed E-state index contributed by atoms with van der Waals surface area (Å²) in [6, 6.07) is 4.91. The smallest absolute Gasteiger partial charge is 0.128 e. The van der Waals surface area contributed by atoms with Gasteiger partial charge in [0.1, 0.15) is 12.4 Å². The molecule has 3 heteroatoms. The Morgan fingerprint density at radius 2 is 2.19 bits per heavy atom. The molecule has 1 rings (SSSR count). The van der Waals surface area contributed by atoms with Gasteiger partial charge in [-0.2, -0.15) is 0 Å². The van der Waals surface area contributed by atoms with Crippen molar-refractivity contribution in [3.05, 3.63) is 35.1 Å². The van der Waals surface area contributed by atoms with E-state index in [1.807, 2.05) is 18.9 Å². The molecule has 1 aromatic carbocycles. The summed E-state index contributed by atoms with van der Waals surface area (Å²) >= 11 is 0. The minimum absolute atomic E-state index is 0.206. The maximum absolute atomic E-state index is 13.6. The average molecular weight is 221 g/mol. The summed E-state index contributed by atoms with van der Waals surface area (Å²) in [4.78, 5) is 2.03. The lowest BCUT2D eigenvalue weighted by atomic mass is 10.1. The Balaban J connectivity index is 2.83. The van der Waals surface area contributed by atoms with Crippen LogP contribution in [0.5, 0.6) is 0 Å². The SMILES string of the molecule is CCN(C)Cc1ccc(C#CCO)cc1F. The molecule has 0 aliphatic rings. The van der Waals surface area contributed by atoms with Gasteiger partial charge in [0, 0.05) is 17.7 Å². The molecule has 0 saturated carbocycles. The zero-order chi connectivity index (χ0) is 12.0. The van der Waals surface area contributed by atoms with E-state index in [1.54, 1.807) is 12.1 Å². The molecule has 0 heterocycles. The van der Waals surface area contributed by atoms with Crippen molar-refractivity contribution in [2.24, 2.45) is 0 Å². The quantitative estimate of drug-likeness (QED) is 0.784. The van der Waals surface area contributed by atoms with E-state index in [0.29, 0.717) is 17.7 Å². The standard InChI is InChI=1S/C13H16FNO/c1-3-15(2)10-12-7-6-11(5-4-8-16)9-13(12)14/h6-7,9,16H,3,8,10H2,1-2H3. The Hall–Kier alpha value is -1.37. The Bertz CT molecular complexity index is 406. The number of benzene rings is 1. The minimum atomic E-state index is -0.245. The van der Waals surface area contributed by atoms with Crippen LogP contribution in [0.1, 0.15) is 18.1 Å². The molecule has 86 valence electrons. The zero-order valence-electron chi connectivity index (χ0n) is 9.63. The summed E-state index contributed by atoms with van der Waals surface area (Å²) in [5.74, 6) is 4.92. The summed E-state index contributed by atoms with van der Waals surface area (Å²) in [5, 5.41) is 8.53. The Labute approximate surface area is 95.7 Å². The van der Waals surface area contributed by atoms with Gasteiger partial charge in [-0.25, -0.2) is 4.39 Å². The number of halogens is 1. The monoisotopic (exact) mass is 221 g/mol. The van der Waals surface area contributed by atoms with Gasteiger partial charge in [-0.15, -0.1) is 0 Å². The summed E-state index contributed by atoms with van der Waals surface area (Å²) in [6.07, 6.45) is 0. The molecule has 0 aliphatic heterocycles. The predicted molar refractivity (Wildman–Crippen MR) is 62.4 cm³/mol. The molecule has 0 saturated heterocycles. The van der Waals surface area contributed by atoms with Crippen LogP contribution in [0.25, 0.3) is 0 Å². The Morgan fingerprint density at radius 1 is 1.44 bits per heavy atom. The first kappa shape index (κ1) is 12.7. The highest BCUT2D eigenvalue weighted by atomic mass is 19.1. The molecule has 0 spiro atoms. The van der Waals surface area contributed by atoms with Crippen molar-refractivity contribution >= 4 is 0 Å². The van der Waals surface area contributed by atoms with Crippen molar-refractivity contribution in [1.82, 2.24) is 4.90 Å². The van der Waals surface area contributed by atoms with E-state index in [0.717, 1.165) is 6.54 Å². The molecule has 0 amide bonds. The molecule has 0 atom stereocenters. The Kier molecular flexibility index (Phi) is 4.97. The van der Waals surface area contributed by atoms with Crippen LogP contribution in [0.4, 0.5) is 4.39 Å². The largest absolute Gasteiger partial charge is 0.384 e. The highest BCUT2D eigenvalue weighted by molar-refractivity contribution is 5.37. The first-order valence-electron chi connectivity index (χ1n) is 5.24. The Morgan fingerprint density at radius 3 is 2.75 bits per heavy atom. The maximum Gasteiger partial charge on any atom is 0.128 e. The highest BCUT2D eigenvalue weighted by Gasteiger charge is 2.04. The van der Waals surface area contributed by atoms with Gasteiger partial charge in [-0.1, -0.05) is 24.8 Å². The number of rotatable bonds is 3. The van der Waals surface area contributed by atoms with Crippen molar-refractivity contribution in [3.63, 3.8) is 0 Å². The lowest BCUT2D eigenvalue weighted by Gasteiger charge is -2.14. The summed E-state index contributed by atoms with van der Waals surface area (Å²) in [6.45, 7) is 3.29. The molecular formula is C13H16FNO. The first-order chi connectivity index (χ1) is 7.67. The van der Waals surface area contributed by atoms with Crippen LogP contribution in [-0.4, -0.2) is 30.2 Å². The van der Waals surface area contributed by atoms with Gasteiger partial charge in [-0.3, -0.25) is 0 Å². The third kappa shape index (κ3) is 3.65. The van der Waals surface area contributed by atoms with Gasteiger partial charge in [0.2, 0.25) is 0 Å². The van der Waals surface area contributed by atoms with E-state index >= 15 is 0 Å². The van der Waals surface area contributed by atoms with Crippen LogP contribution < -0.4 is 0 Å². The van der Waals surface area contributed by atoms with E-state index in [1.165, 1.54) is 6.07 Å². The van der Waals surface area contributed by atoms with Gasteiger partial charge in [0.05, 0.1) is 0 Å². The molecule has 0 aromatic heterocycles. The summed E-state index contributed by atoms with van der Waals surface area (Å²) < 4.78 is 13.6. The number of nitrogens with zero attached hydrogens (tertiary/aromatic N) is 1. The molecule has 1 aromatic rings. The second-order valence-electron chi connectivity index (χ2n) is 3.60. The topological polar surface area (TPSA) is 23.5 Å². The highest BCUT2D eigenvalue weighted by Crippen LogP contribution is 2.11. The van der Waals surface area contributed by atoms with Crippen molar-refractivity contribution in [3.8, 4) is 11.8 Å². The summed E-state index contributed by atoms with van der Waals surface area (Å²) in [7, 11) is 1.94. The van der Waals surface area contributed by atoms with E-state index < -0.39 is 0 Å². The van der Waals surface area contributed by atoms with Crippen LogP contribution in [0.15, 0.2) is 18.2 Å². The third-order valence-corrected chi connectivity index (χ3v) is 2.34. The number of hydrogen-bond acceptors (Lipinski definition) is 2. The summed E-state index contributed by atoms with van der Waals surface area (Å²) in [5.41, 5.74) is 1.26. The fourth-order valence-corrected chi connectivity index (χ4v) is 1.30. The second kappa shape index (κ2) is 6.26. The number of aliphatic hydroxyl groups is 1. The minimum Gasteiger partial charge on any atom is -0.384 e. The fourth-order valence-electron chi connectivity index (χ4n) is 1.30. The lowest BCUT2D eigenvalue weighted by molar-refractivity contribution is 0.339. The van der Waals surface area contributed by atoms with Crippen molar-refractivity contribution in [1.29, 1.82) is 0 Å². The molecular weight excluding hydrogens is 205 g/mol. The van der Waals surface area contributed by atoms with Crippen LogP contribution in [-0.2, 0) is 6.54 Å².